The first-order valence-corrected chi connectivity index (χ1v) is 11.0. The van der Waals surface area contributed by atoms with Crippen molar-refractivity contribution in [1.29, 1.82) is 0 Å². The second kappa shape index (κ2) is 10.5. The Labute approximate surface area is 163 Å². The molecule has 0 spiro atoms. The average molecular weight is 387 g/mol. The summed E-state index contributed by atoms with van der Waals surface area (Å²) in [5.41, 5.74) is 0. The Hall–Kier alpha value is -2.59. The first kappa shape index (κ1) is 19.2. The lowest BCUT2D eigenvalue weighted by molar-refractivity contribution is 0.598. The molecule has 0 saturated heterocycles. The molecule has 0 aliphatic heterocycles. The molecule has 27 heavy (non-hydrogen) atoms. The molecule has 0 amide bonds. The van der Waals surface area contributed by atoms with E-state index in [1.807, 2.05) is 60.7 Å². The molecule has 4 aromatic rings. The zero-order chi connectivity index (χ0) is 18.7. The van der Waals surface area contributed by atoms with E-state index >= 15 is 0 Å². The lowest BCUT2D eigenvalue weighted by Crippen LogP contribution is -2.04. The number of rotatable bonds is 4. The SMILES string of the molecule is O=[P+](c1ccccc1)c1ccccc1.c1ccc(Pc2ccccc2)cc1. The highest BCUT2D eigenvalue weighted by molar-refractivity contribution is 7.61. The van der Waals surface area contributed by atoms with Gasteiger partial charge in [-0.1, -0.05) is 110 Å². The standard InChI is InChI=1S/C12H10OP.C12H11P/c13-14(11-7-3-1-4-8-11)12-9-5-2-6-10-12;1-3-7-11(8-4-1)13-12-9-5-2-6-10-12/h1-10H;1-10,13H/q+1;. The highest BCUT2D eigenvalue weighted by Crippen LogP contribution is 2.18. The van der Waals surface area contributed by atoms with Crippen LogP contribution in [0.1, 0.15) is 0 Å². The molecule has 0 fully saturated rings. The van der Waals surface area contributed by atoms with Crippen molar-refractivity contribution in [3.8, 4) is 0 Å². The Bertz CT molecular complexity index is 862. The van der Waals surface area contributed by atoms with Gasteiger partial charge in [-0.3, -0.25) is 0 Å². The lowest BCUT2D eigenvalue weighted by atomic mass is 10.4. The highest BCUT2D eigenvalue weighted by Gasteiger charge is 2.21. The molecule has 0 unspecified atom stereocenters. The topological polar surface area (TPSA) is 17.1 Å². The van der Waals surface area contributed by atoms with Crippen molar-refractivity contribution >= 4 is 37.6 Å². The number of hydrogen-bond acceptors (Lipinski definition) is 1. The van der Waals surface area contributed by atoms with Gasteiger partial charge in [0.15, 0.2) is 10.6 Å². The largest absolute Gasteiger partial charge is 0.415 e. The minimum Gasteiger partial charge on any atom is -0.0622 e. The maximum Gasteiger partial charge on any atom is 0.415 e. The molecule has 0 heterocycles. The van der Waals surface area contributed by atoms with Crippen LogP contribution >= 0.6 is 16.4 Å². The quantitative estimate of drug-likeness (QED) is 0.461. The number of hydrogen-bond donors (Lipinski definition) is 0. The van der Waals surface area contributed by atoms with Crippen LogP contribution in [0.3, 0.4) is 0 Å². The first-order chi connectivity index (χ1) is 13.3. The van der Waals surface area contributed by atoms with E-state index in [1.54, 1.807) is 0 Å². The van der Waals surface area contributed by atoms with Gasteiger partial charge in [-0.25, -0.2) is 0 Å². The summed E-state index contributed by atoms with van der Waals surface area (Å²) in [6.45, 7) is 0. The van der Waals surface area contributed by atoms with Crippen LogP contribution in [0.5, 0.6) is 0 Å². The van der Waals surface area contributed by atoms with Crippen molar-refractivity contribution in [3.63, 3.8) is 0 Å². The summed E-state index contributed by atoms with van der Waals surface area (Å²) in [5, 5.41) is 4.56. The van der Waals surface area contributed by atoms with Gasteiger partial charge in [-0.05, 0) is 34.9 Å². The molecule has 0 bridgehead atoms. The van der Waals surface area contributed by atoms with Crippen LogP contribution in [0.2, 0.25) is 0 Å². The zero-order valence-corrected chi connectivity index (χ0v) is 16.8. The minimum absolute atomic E-state index is 0.777. The van der Waals surface area contributed by atoms with Gasteiger partial charge in [0.2, 0.25) is 0 Å². The van der Waals surface area contributed by atoms with Crippen LogP contribution in [0.4, 0.5) is 0 Å². The van der Waals surface area contributed by atoms with E-state index < -0.39 is 7.80 Å². The molecule has 0 aromatic heterocycles. The number of benzene rings is 4. The second-order valence-electron chi connectivity index (χ2n) is 5.82. The van der Waals surface area contributed by atoms with Gasteiger partial charge in [0.05, 0.1) is 0 Å². The summed E-state index contributed by atoms with van der Waals surface area (Å²) >= 11 is 0. The Morgan fingerprint density at radius 2 is 0.741 bits per heavy atom. The average Bonchev–Trinajstić information content (AvgIpc) is 2.76. The third kappa shape index (κ3) is 6.26. The van der Waals surface area contributed by atoms with E-state index in [4.69, 9.17) is 0 Å². The van der Waals surface area contributed by atoms with E-state index in [9.17, 15) is 4.57 Å². The fourth-order valence-electron chi connectivity index (χ4n) is 2.49. The van der Waals surface area contributed by atoms with Gasteiger partial charge in [-0.15, -0.1) is 0 Å². The summed E-state index contributed by atoms with van der Waals surface area (Å²) in [5.74, 6) is 0. The predicted octanol–water partition coefficient (Wildman–Crippen LogP) is 4.78. The van der Waals surface area contributed by atoms with Crippen molar-refractivity contribution in [1.82, 2.24) is 0 Å². The third-order valence-corrected chi connectivity index (χ3v) is 6.60. The molecule has 1 nitrogen and oxygen atoms in total. The zero-order valence-electron chi connectivity index (χ0n) is 14.9. The van der Waals surface area contributed by atoms with Crippen LogP contribution in [-0.2, 0) is 4.57 Å². The molecule has 0 radical (unpaired) electrons. The van der Waals surface area contributed by atoms with Crippen LogP contribution in [0.15, 0.2) is 121 Å². The second-order valence-corrected chi connectivity index (χ2v) is 8.85. The van der Waals surface area contributed by atoms with Crippen molar-refractivity contribution in [2.75, 3.05) is 0 Å². The Morgan fingerprint density at radius 3 is 1.07 bits per heavy atom. The summed E-state index contributed by atoms with van der Waals surface area (Å²) in [7, 11) is -0.644. The van der Waals surface area contributed by atoms with Gasteiger partial charge < -0.3 is 0 Å². The molecule has 0 saturated carbocycles. The van der Waals surface area contributed by atoms with Crippen LogP contribution in [-0.4, -0.2) is 0 Å². The highest BCUT2D eigenvalue weighted by atomic mass is 31.1. The molecule has 4 aromatic carbocycles. The fraction of sp³-hybridized carbons (Fsp3) is 0. The van der Waals surface area contributed by atoms with Crippen LogP contribution < -0.4 is 21.2 Å². The van der Waals surface area contributed by atoms with Crippen molar-refractivity contribution in [3.05, 3.63) is 121 Å². The van der Waals surface area contributed by atoms with E-state index in [0.717, 1.165) is 19.2 Å². The van der Waals surface area contributed by atoms with E-state index in [0.29, 0.717) is 0 Å². The van der Waals surface area contributed by atoms with E-state index in [-0.39, 0.29) is 0 Å². The molecule has 0 N–H and O–H groups in total. The summed E-state index contributed by atoms with van der Waals surface area (Å²) in [6, 6.07) is 40.2. The summed E-state index contributed by atoms with van der Waals surface area (Å²) in [4.78, 5) is 0. The Morgan fingerprint density at radius 1 is 0.444 bits per heavy atom. The summed E-state index contributed by atoms with van der Waals surface area (Å²) < 4.78 is 12.0. The van der Waals surface area contributed by atoms with Gasteiger partial charge in [0.1, 0.15) is 0 Å². The van der Waals surface area contributed by atoms with Crippen molar-refractivity contribution in [2.24, 2.45) is 0 Å². The summed E-state index contributed by atoms with van der Waals surface area (Å²) in [6.07, 6.45) is 0. The molecule has 132 valence electrons. The normalized spacial score (nSPS) is 9.78. The van der Waals surface area contributed by atoms with Gasteiger partial charge in [0.25, 0.3) is 0 Å². The minimum atomic E-state index is -1.42. The molecular formula is C24H21OP2+. The molecule has 0 aliphatic carbocycles. The van der Waals surface area contributed by atoms with Crippen molar-refractivity contribution < 1.29 is 4.57 Å². The maximum atomic E-state index is 12.0. The van der Waals surface area contributed by atoms with E-state index in [2.05, 4.69) is 60.7 Å². The smallest absolute Gasteiger partial charge is 0.0622 e. The van der Waals surface area contributed by atoms with Crippen LogP contribution in [0, 0.1) is 0 Å². The molecule has 4 rings (SSSR count). The Balaban J connectivity index is 0.000000156. The first-order valence-electron chi connectivity index (χ1n) is 8.77. The maximum absolute atomic E-state index is 12.0. The fourth-order valence-corrected chi connectivity index (χ4v) is 4.72. The van der Waals surface area contributed by atoms with Gasteiger partial charge >= 0.3 is 7.80 Å². The van der Waals surface area contributed by atoms with Crippen LogP contribution in [0.25, 0.3) is 0 Å². The molecule has 0 aliphatic rings. The molecule has 3 heteroatoms. The predicted molar refractivity (Wildman–Crippen MR) is 120 cm³/mol. The molecular weight excluding hydrogens is 366 g/mol. The molecule has 0 atom stereocenters. The lowest BCUT2D eigenvalue weighted by Gasteiger charge is -2.00. The van der Waals surface area contributed by atoms with Crippen molar-refractivity contribution in [2.45, 2.75) is 0 Å². The third-order valence-electron chi connectivity index (χ3n) is 3.82. The van der Waals surface area contributed by atoms with Gasteiger partial charge in [0, 0.05) is 0 Å². The van der Waals surface area contributed by atoms with E-state index in [1.165, 1.54) is 10.6 Å². The Kier molecular flexibility index (Phi) is 7.48. The van der Waals surface area contributed by atoms with Gasteiger partial charge in [-0.2, -0.15) is 0 Å². The monoisotopic (exact) mass is 387 g/mol.